The molecular formula is C12H22N4O2. The first-order chi connectivity index (χ1) is 8.38. The lowest BCUT2D eigenvalue weighted by Gasteiger charge is -2.28. The maximum absolute atomic E-state index is 11.7. The molecule has 2 aliphatic rings. The minimum Gasteiger partial charge on any atom is -0.448 e. The van der Waals surface area contributed by atoms with Gasteiger partial charge in [-0.05, 0) is 20.8 Å². The van der Waals surface area contributed by atoms with E-state index in [2.05, 4.69) is 22.6 Å². The largest absolute Gasteiger partial charge is 0.448 e. The Hall–Kier alpha value is -1.11. The van der Waals surface area contributed by atoms with Gasteiger partial charge in [-0.15, -0.1) is 0 Å². The standard InChI is InChI=1S/C12H22N4O2/c1-8-9-5-16(15-10(9)14-6-13-8)7-18-11(17)12(2,3)4/h9-10,13-15H,1,5-7H2,2-4H3. The van der Waals surface area contributed by atoms with Crippen LogP contribution in [0.25, 0.3) is 0 Å². The molecule has 0 aromatic carbocycles. The summed E-state index contributed by atoms with van der Waals surface area (Å²) in [5, 5.41) is 8.38. The van der Waals surface area contributed by atoms with Crippen molar-refractivity contribution in [3.63, 3.8) is 0 Å². The molecule has 2 heterocycles. The number of carbonyl (C=O) groups excluding carboxylic acids is 1. The van der Waals surface area contributed by atoms with Gasteiger partial charge in [0.2, 0.25) is 0 Å². The molecular weight excluding hydrogens is 232 g/mol. The van der Waals surface area contributed by atoms with Crippen LogP contribution in [0.1, 0.15) is 20.8 Å². The van der Waals surface area contributed by atoms with Crippen molar-refractivity contribution in [1.29, 1.82) is 0 Å². The minimum atomic E-state index is -0.462. The molecule has 0 aromatic heterocycles. The summed E-state index contributed by atoms with van der Waals surface area (Å²) in [6.07, 6.45) is 0.173. The van der Waals surface area contributed by atoms with Crippen molar-refractivity contribution in [3.05, 3.63) is 12.3 Å². The molecule has 0 bridgehead atoms. The Morgan fingerprint density at radius 3 is 2.89 bits per heavy atom. The number of hydrogen-bond donors (Lipinski definition) is 3. The molecule has 0 aliphatic carbocycles. The fraction of sp³-hybridized carbons (Fsp3) is 0.750. The second kappa shape index (κ2) is 4.87. The van der Waals surface area contributed by atoms with Crippen LogP contribution in [0.5, 0.6) is 0 Å². The number of hydrogen-bond acceptors (Lipinski definition) is 6. The highest BCUT2D eigenvalue weighted by atomic mass is 16.5. The highest BCUT2D eigenvalue weighted by Gasteiger charge is 2.37. The van der Waals surface area contributed by atoms with Crippen LogP contribution in [0, 0.1) is 11.3 Å². The summed E-state index contributed by atoms with van der Waals surface area (Å²) >= 11 is 0. The van der Waals surface area contributed by atoms with Gasteiger partial charge in [-0.2, -0.15) is 0 Å². The van der Waals surface area contributed by atoms with Gasteiger partial charge in [0, 0.05) is 18.2 Å². The van der Waals surface area contributed by atoms with Gasteiger partial charge in [-0.1, -0.05) is 6.58 Å². The lowest BCUT2D eigenvalue weighted by Crippen LogP contribution is -2.53. The van der Waals surface area contributed by atoms with Gasteiger partial charge in [-0.25, -0.2) is 10.4 Å². The number of ether oxygens (including phenoxy) is 1. The van der Waals surface area contributed by atoms with Gasteiger partial charge in [0.1, 0.15) is 0 Å². The molecule has 0 radical (unpaired) electrons. The van der Waals surface area contributed by atoms with Crippen molar-refractivity contribution < 1.29 is 9.53 Å². The summed E-state index contributed by atoms with van der Waals surface area (Å²) in [5.41, 5.74) is 3.84. The smallest absolute Gasteiger partial charge is 0.312 e. The number of nitrogens with one attached hydrogen (secondary N) is 3. The average molecular weight is 254 g/mol. The van der Waals surface area contributed by atoms with Crippen LogP contribution in [-0.2, 0) is 9.53 Å². The zero-order valence-electron chi connectivity index (χ0n) is 11.2. The van der Waals surface area contributed by atoms with E-state index < -0.39 is 5.41 Å². The summed E-state index contributed by atoms with van der Waals surface area (Å²) in [6.45, 7) is 11.3. The van der Waals surface area contributed by atoms with Crippen molar-refractivity contribution in [2.24, 2.45) is 11.3 Å². The SMILES string of the molecule is C=C1NCNC2NN(COC(=O)C(C)(C)C)CC12. The molecule has 2 unspecified atom stereocenters. The van der Waals surface area contributed by atoms with E-state index in [4.69, 9.17) is 4.74 Å². The molecule has 6 heteroatoms. The van der Waals surface area contributed by atoms with Crippen LogP contribution in [-0.4, -0.2) is 37.1 Å². The third-order valence-electron chi connectivity index (χ3n) is 3.19. The van der Waals surface area contributed by atoms with E-state index in [-0.39, 0.29) is 18.9 Å². The normalized spacial score (nSPS) is 28.7. The number of rotatable bonds is 2. The quantitative estimate of drug-likeness (QED) is 0.601. The first-order valence-electron chi connectivity index (χ1n) is 6.22. The summed E-state index contributed by atoms with van der Waals surface area (Å²) < 4.78 is 5.28. The first kappa shape index (κ1) is 13.3. The number of nitrogens with zero attached hydrogens (tertiary/aromatic N) is 1. The molecule has 6 nitrogen and oxygen atoms in total. The molecule has 102 valence electrons. The Bertz CT molecular complexity index is 350. The van der Waals surface area contributed by atoms with Crippen molar-refractivity contribution in [2.45, 2.75) is 26.9 Å². The molecule has 2 aliphatic heterocycles. The van der Waals surface area contributed by atoms with Crippen molar-refractivity contribution in [2.75, 3.05) is 19.9 Å². The Kier molecular flexibility index (Phi) is 3.61. The molecule has 2 saturated heterocycles. The van der Waals surface area contributed by atoms with Crippen molar-refractivity contribution in [1.82, 2.24) is 21.1 Å². The number of fused-ring (bicyclic) bond motifs is 1. The van der Waals surface area contributed by atoms with Crippen LogP contribution < -0.4 is 16.1 Å². The first-order valence-corrected chi connectivity index (χ1v) is 6.22. The Labute approximate surface area is 108 Å². The highest BCUT2D eigenvalue weighted by molar-refractivity contribution is 5.75. The predicted molar refractivity (Wildman–Crippen MR) is 67.8 cm³/mol. The molecule has 2 rings (SSSR count). The zero-order valence-corrected chi connectivity index (χ0v) is 11.2. The van der Waals surface area contributed by atoms with E-state index in [0.29, 0.717) is 12.6 Å². The summed E-state index contributed by atoms with van der Waals surface area (Å²) in [6, 6.07) is 0. The maximum atomic E-state index is 11.7. The van der Waals surface area contributed by atoms with E-state index in [1.165, 1.54) is 0 Å². The molecule has 18 heavy (non-hydrogen) atoms. The third kappa shape index (κ3) is 2.82. The van der Waals surface area contributed by atoms with E-state index in [1.807, 2.05) is 25.8 Å². The summed E-state index contributed by atoms with van der Waals surface area (Å²) in [4.78, 5) is 11.7. The van der Waals surface area contributed by atoms with Crippen LogP contribution in [0.4, 0.5) is 0 Å². The van der Waals surface area contributed by atoms with Crippen LogP contribution in [0.3, 0.4) is 0 Å². The minimum absolute atomic E-state index is 0.173. The van der Waals surface area contributed by atoms with Crippen LogP contribution in [0.15, 0.2) is 12.3 Å². The van der Waals surface area contributed by atoms with Gasteiger partial charge in [0.05, 0.1) is 18.2 Å². The van der Waals surface area contributed by atoms with Gasteiger partial charge < -0.3 is 10.1 Å². The number of esters is 1. The van der Waals surface area contributed by atoms with Gasteiger partial charge in [-0.3, -0.25) is 10.1 Å². The second-order valence-electron chi connectivity index (χ2n) is 5.83. The number of carbonyl (C=O) groups is 1. The summed E-state index contributed by atoms with van der Waals surface area (Å²) in [5.74, 6) is 0.108. The van der Waals surface area contributed by atoms with Crippen LogP contribution in [0.2, 0.25) is 0 Å². The lowest BCUT2D eigenvalue weighted by atomic mass is 9.98. The predicted octanol–water partition coefficient (Wildman–Crippen LogP) is -0.0403. The van der Waals surface area contributed by atoms with Gasteiger partial charge in [0.25, 0.3) is 0 Å². The second-order valence-corrected chi connectivity index (χ2v) is 5.83. The molecule has 2 fully saturated rings. The summed E-state index contributed by atoms with van der Waals surface area (Å²) in [7, 11) is 0. The van der Waals surface area contributed by atoms with Crippen molar-refractivity contribution in [3.8, 4) is 0 Å². The van der Waals surface area contributed by atoms with Crippen LogP contribution >= 0.6 is 0 Å². The molecule has 3 N–H and O–H groups in total. The maximum Gasteiger partial charge on any atom is 0.312 e. The molecule has 2 atom stereocenters. The fourth-order valence-electron chi connectivity index (χ4n) is 2.03. The Balaban J connectivity index is 1.83. The van der Waals surface area contributed by atoms with E-state index in [1.54, 1.807) is 0 Å². The highest BCUT2D eigenvalue weighted by Crippen LogP contribution is 2.21. The molecule has 0 spiro atoms. The van der Waals surface area contributed by atoms with E-state index >= 15 is 0 Å². The Morgan fingerprint density at radius 2 is 2.28 bits per heavy atom. The number of hydrazine groups is 1. The molecule has 0 saturated carbocycles. The zero-order chi connectivity index (χ0) is 13.3. The molecule has 0 amide bonds. The molecule has 0 aromatic rings. The van der Waals surface area contributed by atoms with E-state index in [0.717, 1.165) is 12.2 Å². The van der Waals surface area contributed by atoms with Gasteiger partial charge in [0.15, 0.2) is 6.73 Å². The third-order valence-corrected chi connectivity index (χ3v) is 3.19. The fourth-order valence-corrected chi connectivity index (χ4v) is 2.03. The lowest BCUT2D eigenvalue weighted by molar-refractivity contribution is -0.158. The average Bonchev–Trinajstić information content (AvgIpc) is 2.69. The topological polar surface area (TPSA) is 65.6 Å². The Morgan fingerprint density at radius 1 is 1.56 bits per heavy atom. The van der Waals surface area contributed by atoms with Crippen molar-refractivity contribution >= 4 is 5.97 Å². The van der Waals surface area contributed by atoms with Gasteiger partial charge >= 0.3 is 5.97 Å². The van der Waals surface area contributed by atoms with E-state index in [9.17, 15) is 4.79 Å². The monoisotopic (exact) mass is 254 g/mol.